The number of hydrogen-bond acceptors (Lipinski definition) is 16. The summed E-state index contributed by atoms with van der Waals surface area (Å²) in [7, 11) is 4.25. The van der Waals surface area contributed by atoms with Crippen LogP contribution in [0.3, 0.4) is 0 Å². The Morgan fingerprint density at radius 1 is 0.611 bits per heavy atom. The lowest BCUT2D eigenvalue weighted by molar-refractivity contribution is 0.0153. The Morgan fingerprint density at radius 3 is 1.70 bits per heavy atom. The van der Waals surface area contributed by atoms with Gasteiger partial charge in [0.1, 0.15) is 0 Å². The zero-order valence-electron chi connectivity index (χ0n) is 35.0. The lowest BCUT2D eigenvalue weighted by atomic mass is 10.0. The first kappa shape index (κ1) is 53.8. The molecule has 0 spiro atoms. The first-order valence-corrected chi connectivity index (χ1v) is 23.6. The van der Waals surface area contributed by atoms with E-state index in [0.29, 0.717) is 70.9 Å². The predicted octanol–water partition coefficient (Wildman–Crippen LogP) is 0.435. The number of unbranched alkanes of at least 4 members (excludes halogenated alkanes) is 1. The minimum Gasteiger partial charge on any atom is -0.527 e. The molecule has 0 aromatic carbocycles. The van der Waals surface area contributed by atoms with Crippen LogP contribution >= 0.6 is 0 Å². The van der Waals surface area contributed by atoms with Gasteiger partial charge in [-0.15, -0.1) is 0 Å². The fourth-order valence-electron chi connectivity index (χ4n) is 5.64. The number of hydrogen-bond donors (Lipinski definition) is 7. The normalized spacial score (nSPS) is 14.7. The van der Waals surface area contributed by atoms with E-state index in [4.69, 9.17) is 36.3 Å². The minimum absolute atomic E-state index is 0.229. The van der Waals surface area contributed by atoms with Gasteiger partial charge in [-0.25, -0.2) is 0 Å². The molecule has 0 aliphatic rings. The maximum Gasteiger partial charge on any atom is 0.384 e. The van der Waals surface area contributed by atoms with E-state index in [1.807, 2.05) is 0 Å². The Balaban J connectivity index is 4.39. The summed E-state index contributed by atoms with van der Waals surface area (Å²) in [4.78, 5) is 2.19. The predicted molar refractivity (Wildman–Crippen MR) is 217 cm³/mol. The number of nitrogens with zero attached hydrogens (tertiary/aromatic N) is 1. The Labute approximate surface area is 331 Å². The van der Waals surface area contributed by atoms with Gasteiger partial charge >= 0.3 is 9.28 Å². The summed E-state index contributed by atoms with van der Waals surface area (Å²) in [5, 5.41) is 44.8. The average Bonchev–Trinajstić information content (AvgIpc) is 3.18. The van der Waals surface area contributed by atoms with Crippen LogP contribution in [0.4, 0.5) is 0 Å². The summed E-state index contributed by atoms with van der Waals surface area (Å²) < 4.78 is 44.1. The van der Waals surface area contributed by atoms with Crippen LogP contribution in [0.5, 0.6) is 0 Å². The van der Waals surface area contributed by atoms with Gasteiger partial charge in [0, 0.05) is 106 Å². The van der Waals surface area contributed by atoms with Gasteiger partial charge < -0.3 is 72.9 Å². The zero-order valence-corrected chi connectivity index (χ0v) is 37.0. The maximum absolute atomic E-state index is 10.8. The molecular formula is C36H82N5O11Si2-. The van der Waals surface area contributed by atoms with Crippen molar-refractivity contribution < 1.29 is 51.7 Å². The van der Waals surface area contributed by atoms with Crippen molar-refractivity contribution in [3.8, 4) is 0 Å². The third-order valence-electron chi connectivity index (χ3n) is 9.05. The molecule has 0 fully saturated rings. The molecule has 7 N–H and O–H groups in total. The minimum atomic E-state index is -2.64. The van der Waals surface area contributed by atoms with Crippen LogP contribution in [-0.2, 0) is 36.3 Å². The number of nitrogens with one attached hydrogen (secondary N) is 4. The third kappa shape index (κ3) is 30.9. The van der Waals surface area contributed by atoms with Gasteiger partial charge in [0.15, 0.2) is 0 Å². The van der Waals surface area contributed by atoms with E-state index in [0.717, 1.165) is 64.8 Å². The van der Waals surface area contributed by atoms with Crippen molar-refractivity contribution in [1.82, 2.24) is 26.2 Å². The molecule has 0 aliphatic carbocycles. The summed E-state index contributed by atoms with van der Waals surface area (Å²) in [6.07, 6.45) is 4.53. The summed E-state index contributed by atoms with van der Waals surface area (Å²) in [6, 6.07) is 1.47. The van der Waals surface area contributed by atoms with E-state index < -0.39 is 36.4 Å². The largest absolute Gasteiger partial charge is 0.527 e. The molecule has 54 heavy (non-hydrogen) atoms. The van der Waals surface area contributed by atoms with E-state index in [1.165, 1.54) is 19.3 Å². The molecular weight excluding hydrogens is 735 g/mol. The van der Waals surface area contributed by atoms with Crippen molar-refractivity contribution in [2.75, 3.05) is 147 Å². The van der Waals surface area contributed by atoms with Crippen LogP contribution in [-0.4, -0.2) is 204 Å². The third-order valence-corrected chi connectivity index (χ3v) is 13.6. The molecule has 0 amide bonds. The van der Waals surface area contributed by atoms with Gasteiger partial charge in [0.2, 0.25) is 0 Å². The molecule has 1 radical (unpaired) electrons. The van der Waals surface area contributed by atoms with Crippen LogP contribution in [0.1, 0.15) is 52.4 Å². The fraction of sp³-hybridized carbons (Fsp3) is 1.00. The Kier molecular flexibility index (Phi) is 38.2. The molecule has 0 rings (SSSR count). The van der Waals surface area contributed by atoms with Gasteiger partial charge in [0.05, 0.1) is 38.1 Å². The van der Waals surface area contributed by atoms with Crippen LogP contribution in [0.2, 0.25) is 12.1 Å². The quantitative estimate of drug-likeness (QED) is 0.0332. The molecule has 0 saturated carbocycles. The van der Waals surface area contributed by atoms with E-state index in [2.05, 4.69) is 40.0 Å². The highest BCUT2D eigenvalue weighted by Gasteiger charge is 2.21. The van der Waals surface area contributed by atoms with Crippen LogP contribution in [0, 0.1) is 5.92 Å². The Bertz CT molecular complexity index is 778. The average molecular weight is 817 g/mol. The molecule has 0 bridgehead atoms. The monoisotopic (exact) mass is 817 g/mol. The van der Waals surface area contributed by atoms with Crippen molar-refractivity contribution >= 4 is 18.1 Å². The maximum atomic E-state index is 10.8. The summed E-state index contributed by atoms with van der Waals surface area (Å²) in [5.41, 5.74) is 0. The summed E-state index contributed by atoms with van der Waals surface area (Å²) in [6.45, 7) is 14.5. The molecule has 4 atom stereocenters. The highest BCUT2D eigenvalue weighted by Crippen LogP contribution is 2.15. The smallest absolute Gasteiger partial charge is 0.384 e. The first-order chi connectivity index (χ1) is 26.2. The second-order valence-corrected chi connectivity index (χ2v) is 18.7. The topological polar surface area (TPSA) is 186 Å². The standard InChI is InChI=1S/C36H82N5O11Si2/c1-8-10-13-33(9-2)29-52-31-35(43)26-39-17-16-37-14-15-38-18-20-41(28-36(44)32-51-23-12-25-54(47-5,48-6)49-7)21-19-40-27-34(42)30-50-22-11-24-53(45-3)46-4/h33-40,42-44H,8-32H2,1-7H3/q-1. The number of aliphatic hydroxyl groups is 3. The van der Waals surface area contributed by atoms with E-state index in [9.17, 15) is 15.3 Å². The molecule has 0 heterocycles. The molecule has 0 aromatic heterocycles. The lowest BCUT2D eigenvalue weighted by Gasteiger charge is -2.38. The first-order valence-electron chi connectivity index (χ1n) is 20.1. The van der Waals surface area contributed by atoms with E-state index in [-0.39, 0.29) is 13.2 Å². The fourth-order valence-corrected chi connectivity index (χ4v) is 8.34. The second-order valence-electron chi connectivity index (χ2n) is 13.6. The molecule has 16 nitrogen and oxygen atoms in total. The van der Waals surface area contributed by atoms with Crippen LogP contribution in [0.15, 0.2) is 0 Å². The van der Waals surface area contributed by atoms with Crippen molar-refractivity contribution in [3.63, 3.8) is 0 Å². The molecule has 18 heteroatoms. The van der Waals surface area contributed by atoms with Crippen molar-refractivity contribution in [1.29, 1.82) is 0 Å². The molecule has 0 saturated heterocycles. The Morgan fingerprint density at radius 2 is 1.13 bits per heavy atom. The summed E-state index contributed by atoms with van der Waals surface area (Å²) in [5.74, 6) is 0.581. The Hall–Kier alpha value is -0.206. The molecule has 326 valence electrons. The summed E-state index contributed by atoms with van der Waals surface area (Å²) >= 11 is 0. The van der Waals surface area contributed by atoms with Gasteiger partial charge in [-0.1, -0.05) is 45.6 Å². The number of rotatable bonds is 43. The van der Waals surface area contributed by atoms with Gasteiger partial charge in [-0.05, 0) is 46.1 Å². The van der Waals surface area contributed by atoms with E-state index in [1.54, 1.807) is 35.5 Å². The molecule has 0 aliphatic heterocycles. The zero-order chi connectivity index (χ0) is 40.1. The highest BCUT2D eigenvalue weighted by atomic mass is 28.4. The van der Waals surface area contributed by atoms with Crippen molar-refractivity contribution in [3.05, 3.63) is 0 Å². The molecule has 0 aromatic rings. The number of aliphatic hydroxyl groups excluding tert-OH is 3. The molecule has 4 unspecified atom stereocenters. The van der Waals surface area contributed by atoms with Crippen molar-refractivity contribution in [2.45, 2.75) is 82.8 Å². The van der Waals surface area contributed by atoms with Gasteiger partial charge in [-0.2, -0.15) is 0 Å². The van der Waals surface area contributed by atoms with E-state index >= 15 is 0 Å². The highest BCUT2D eigenvalue weighted by molar-refractivity contribution is 6.60. The van der Waals surface area contributed by atoms with Gasteiger partial charge in [-0.3, -0.25) is 4.90 Å². The van der Waals surface area contributed by atoms with Crippen molar-refractivity contribution in [2.24, 2.45) is 5.92 Å². The van der Waals surface area contributed by atoms with Crippen LogP contribution < -0.4 is 21.3 Å². The lowest BCUT2D eigenvalue weighted by Crippen LogP contribution is -2.44. The SMILES string of the molecule is CCCCC(CC)COCC(O)CNCCNCCNCCN(CCNCC(O)COCCC[Si](OC)OC)CC(O)COCCC[Si-](OC)(OC)OC. The van der Waals surface area contributed by atoms with Gasteiger partial charge in [0.25, 0.3) is 8.80 Å². The number of ether oxygens (including phenoxy) is 3. The second kappa shape index (κ2) is 38.3. The van der Waals surface area contributed by atoms with Crippen LogP contribution in [0.25, 0.3) is 0 Å².